The number of halogens is 1. The van der Waals surface area contributed by atoms with Gasteiger partial charge in [-0.2, -0.15) is 15.1 Å². The highest BCUT2D eigenvalue weighted by atomic mass is 35.5. The zero-order valence-electron chi connectivity index (χ0n) is 18.0. The molecule has 0 spiro atoms. The number of aliphatic hydroxyl groups excluding tert-OH is 1. The van der Waals surface area contributed by atoms with Crippen LogP contribution in [-0.4, -0.2) is 67.7 Å². The van der Waals surface area contributed by atoms with Crippen molar-refractivity contribution in [3.8, 4) is 0 Å². The van der Waals surface area contributed by atoms with E-state index in [-0.39, 0.29) is 30.2 Å². The van der Waals surface area contributed by atoms with Crippen LogP contribution in [0.2, 0.25) is 5.28 Å². The Morgan fingerprint density at radius 1 is 1.13 bits per heavy atom. The van der Waals surface area contributed by atoms with E-state index >= 15 is 0 Å². The van der Waals surface area contributed by atoms with E-state index in [9.17, 15) is 5.11 Å². The van der Waals surface area contributed by atoms with Gasteiger partial charge in [0.1, 0.15) is 30.2 Å². The van der Waals surface area contributed by atoms with Gasteiger partial charge >= 0.3 is 0 Å². The summed E-state index contributed by atoms with van der Waals surface area (Å²) in [5, 5.41) is 18.9. The molecular weight excluding hydrogens is 422 g/mol. The summed E-state index contributed by atoms with van der Waals surface area (Å²) in [5.74, 6) is 0.0197. The summed E-state index contributed by atoms with van der Waals surface area (Å²) in [7, 11) is 0. The molecule has 170 valence electrons. The molecule has 9 nitrogen and oxygen atoms in total. The first-order valence-electron chi connectivity index (χ1n) is 11.2. The highest BCUT2D eigenvalue weighted by molar-refractivity contribution is 6.28. The third-order valence-electron chi connectivity index (χ3n) is 6.44. The highest BCUT2D eigenvalue weighted by Crippen LogP contribution is 2.39. The van der Waals surface area contributed by atoms with E-state index in [1.165, 1.54) is 25.7 Å². The van der Waals surface area contributed by atoms with Crippen LogP contribution in [0.4, 0.5) is 5.82 Å². The third kappa shape index (κ3) is 4.26. The standard InChI is InChI=1S/C21H30ClN5O4/c1-21(2)30-16-14(29-15(11-28)17(16)31-21)10-27-19-13(9-23-27)18(25-20(22)26-19)24-12-7-5-3-4-6-8-12/h9,12,14-17,28H,3-8,10-11H2,1-2H3,(H,24,25,26)/t14-,15-,16+,17-/m1/s1. The molecule has 0 radical (unpaired) electrons. The summed E-state index contributed by atoms with van der Waals surface area (Å²) in [4.78, 5) is 8.89. The van der Waals surface area contributed by atoms with Gasteiger partial charge in [-0.3, -0.25) is 0 Å². The molecule has 5 rings (SSSR count). The lowest BCUT2D eigenvalue weighted by Gasteiger charge is -2.23. The Bertz CT molecular complexity index is 930. The molecule has 2 saturated heterocycles. The Morgan fingerprint density at radius 3 is 2.55 bits per heavy atom. The molecule has 4 atom stereocenters. The minimum absolute atomic E-state index is 0.125. The Hall–Kier alpha value is -1.52. The van der Waals surface area contributed by atoms with E-state index in [4.69, 9.17) is 25.8 Å². The monoisotopic (exact) mass is 451 g/mol. The molecule has 1 saturated carbocycles. The fourth-order valence-corrected chi connectivity index (χ4v) is 5.19. The van der Waals surface area contributed by atoms with Gasteiger partial charge in [-0.15, -0.1) is 0 Å². The van der Waals surface area contributed by atoms with Crippen molar-refractivity contribution in [1.29, 1.82) is 0 Å². The molecule has 10 heteroatoms. The second kappa shape index (κ2) is 8.44. The number of fused-ring (bicyclic) bond motifs is 2. The number of hydrogen-bond donors (Lipinski definition) is 2. The average molecular weight is 452 g/mol. The van der Waals surface area contributed by atoms with Crippen LogP contribution in [0.15, 0.2) is 6.20 Å². The minimum Gasteiger partial charge on any atom is -0.394 e. The van der Waals surface area contributed by atoms with Crippen molar-refractivity contribution >= 4 is 28.5 Å². The first kappa shape index (κ1) is 21.3. The number of rotatable bonds is 5. The summed E-state index contributed by atoms with van der Waals surface area (Å²) in [5.41, 5.74) is 0.655. The van der Waals surface area contributed by atoms with Gasteiger partial charge in [-0.25, -0.2) is 4.68 Å². The van der Waals surface area contributed by atoms with Crippen LogP contribution in [0.5, 0.6) is 0 Å². The van der Waals surface area contributed by atoms with Gasteiger partial charge in [0.2, 0.25) is 5.28 Å². The summed E-state index contributed by atoms with van der Waals surface area (Å²) in [6.45, 7) is 4.04. The molecule has 1 aliphatic carbocycles. The molecule has 31 heavy (non-hydrogen) atoms. The van der Waals surface area contributed by atoms with Gasteiger partial charge in [0, 0.05) is 6.04 Å². The van der Waals surface area contributed by atoms with Gasteiger partial charge < -0.3 is 24.6 Å². The molecule has 3 fully saturated rings. The Labute approximate surface area is 186 Å². The van der Waals surface area contributed by atoms with E-state index in [1.54, 1.807) is 10.9 Å². The molecule has 0 unspecified atom stereocenters. The number of aromatic nitrogens is 4. The second-order valence-electron chi connectivity index (χ2n) is 9.20. The number of anilines is 1. The van der Waals surface area contributed by atoms with Gasteiger partial charge in [-0.1, -0.05) is 25.7 Å². The molecule has 2 N–H and O–H groups in total. The summed E-state index contributed by atoms with van der Waals surface area (Å²) in [6, 6.07) is 0.385. The number of nitrogens with one attached hydrogen (secondary N) is 1. The zero-order chi connectivity index (χ0) is 21.6. The second-order valence-corrected chi connectivity index (χ2v) is 9.54. The summed E-state index contributed by atoms with van der Waals surface area (Å²) < 4.78 is 19.8. The van der Waals surface area contributed by atoms with Crippen LogP contribution in [-0.2, 0) is 20.8 Å². The Kier molecular flexibility index (Phi) is 5.81. The first-order chi connectivity index (χ1) is 14.9. The smallest absolute Gasteiger partial charge is 0.226 e. The number of ether oxygens (including phenoxy) is 3. The molecule has 0 bridgehead atoms. The number of aliphatic hydroxyl groups is 1. The van der Waals surface area contributed by atoms with Crippen molar-refractivity contribution in [2.45, 2.75) is 95.2 Å². The van der Waals surface area contributed by atoms with Crippen LogP contribution in [0.3, 0.4) is 0 Å². The van der Waals surface area contributed by atoms with E-state index < -0.39 is 11.9 Å². The maximum atomic E-state index is 9.72. The summed E-state index contributed by atoms with van der Waals surface area (Å²) >= 11 is 6.28. The van der Waals surface area contributed by atoms with E-state index in [2.05, 4.69) is 20.4 Å². The van der Waals surface area contributed by atoms with Crippen molar-refractivity contribution in [3.63, 3.8) is 0 Å². The molecule has 3 aliphatic rings. The van der Waals surface area contributed by atoms with Gasteiger partial charge in [-0.05, 0) is 38.3 Å². The quantitative estimate of drug-likeness (QED) is 0.528. The maximum Gasteiger partial charge on any atom is 0.226 e. The van der Waals surface area contributed by atoms with Crippen molar-refractivity contribution in [2.24, 2.45) is 0 Å². The fourth-order valence-electron chi connectivity index (χ4n) is 5.03. The lowest BCUT2D eigenvalue weighted by Crippen LogP contribution is -2.33. The van der Waals surface area contributed by atoms with Crippen molar-refractivity contribution in [1.82, 2.24) is 19.7 Å². The predicted molar refractivity (Wildman–Crippen MR) is 115 cm³/mol. The Balaban J connectivity index is 1.39. The van der Waals surface area contributed by atoms with Crippen LogP contribution in [0.1, 0.15) is 52.4 Å². The maximum absolute atomic E-state index is 9.72. The van der Waals surface area contributed by atoms with E-state index in [1.807, 2.05) is 13.8 Å². The van der Waals surface area contributed by atoms with E-state index in [0.29, 0.717) is 18.2 Å². The van der Waals surface area contributed by atoms with Gasteiger partial charge in [0.05, 0.1) is 24.7 Å². The topological polar surface area (TPSA) is 104 Å². The number of nitrogens with zero attached hydrogens (tertiary/aromatic N) is 4. The van der Waals surface area contributed by atoms with Crippen molar-refractivity contribution in [3.05, 3.63) is 11.5 Å². The highest BCUT2D eigenvalue weighted by Gasteiger charge is 2.55. The molecular formula is C21H30ClN5O4. The van der Waals surface area contributed by atoms with Crippen LogP contribution in [0.25, 0.3) is 11.0 Å². The molecule has 4 heterocycles. The summed E-state index contributed by atoms with van der Waals surface area (Å²) in [6.07, 6.45) is 7.73. The van der Waals surface area contributed by atoms with Crippen LogP contribution < -0.4 is 5.32 Å². The third-order valence-corrected chi connectivity index (χ3v) is 6.61. The predicted octanol–water partition coefficient (Wildman–Crippen LogP) is 2.89. The van der Waals surface area contributed by atoms with Crippen molar-refractivity contribution < 1.29 is 19.3 Å². The molecule has 0 amide bonds. The number of hydrogen-bond acceptors (Lipinski definition) is 8. The van der Waals surface area contributed by atoms with Gasteiger partial charge in [0.25, 0.3) is 0 Å². The lowest BCUT2D eigenvalue weighted by molar-refractivity contribution is -0.191. The Morgan fingerprint density at radius 2 is 1.84 bits per heavy atom. The van der Waals surface area contributed by atoms with E-state index in [0.717, 1.165) is 24.0 Å². The fraction of sp³-hybridized carbons (Fsp3) is 0.762. The zero-order valence-corrected chi connectivity index (χ0v) is 18.7. The van der Waals surface area contributed by atoms with Crippen LogP contribution >= 0.6 is 11.6 Å². The average Bonchev–Trinajstić information content (AvgIpc) is 3.27. The molecule has 0 aromatic carbocycles. The minimum atomic E-state index is -0.710. The SMILES string of the molecule is CC1(C)O[C@@H]2[C@H](O1)[C@@H](CO)O[C@@H]2Cn1ncc2c(NC3CCCCCC3)nc(Cl)nc21. The lowest BCUT2D eigenvalue weighted by atomic mass is 10.1. The van der Waals surface area contributed by atoms with Gasteiger partial charge in [0.15, 0.2) is 11.4 Å². The molecule has 2 aromatic rings. The van der Waals surface area contributed by atoms with Crippen LogP contribution in [0, 0.1) is 0 Å². The largest absolute Gasteiger partial charge is 0.394 e. The molecule has 2 aliphatic heterocycles. The molecule has 2 aromatic heterocycles. The normalized spacial score (nSPS) is 31.1. The first-order valence-corrected chi connectivity index (χ1v) is 11.6. The van der Waals surface area contributed by atoms with Crippen molar-refractivity contribution in [2.75, 3.05) is 11.9 Å².